The Morgan fingerprint density at radius 1 is 1.10 bits per heavy atom. The predicted molar refractivity (Wildman–Crippen MR) is 83.2 cm³/mol. The van der Waals surface area contributed by atoms with E-state index >= 15 is 0 Å². The Kier molecular flexibility index (Phi) is 3.70. The lowest BCUT2D eigenvalue weighted by Crippen LogP contribution is -2.16. The van der Waals surface area contributed by atoms with Gasteiger partial charge in [0.05, 0.1) is 20.3 Å². The first-order chi connectivity index (χ1) is 9.65. The quantitative estimate of drug-likeness (QED) is 0.714. The number of rotatable bonds is 3. The van der Waals surface area contributed by atoms with Crippen molar-refractivity contribution in [3.8, 4) is 5.75 Å². The van der Waals surface area contributed by atoms with Gasteiger partial charge in [-0.05, 0) is 24.3 Å². The van der Waals surface area contributed by atoms with Gasteiger partial charge in [0, 0.05) is 6.07 Å². The molecule has 1 heterocycles. The second kappa shape index (κ2) is 5.48. The summed E-state index contributed by atoms with van der Waals surface area (Å²) in [7, 11) is 0. The highest BCUT2D eigenvalue weighted by Gasteiger charge is 2.07. The van der Waals surface area contributed by atoms with Crippen LogP contribution in [-0.2, 0) is 6.73 Å². The molecule has 0 atom stereocenters. The van der Waals surface area contributed by atoms with Crippen molar-refractivity contribution in [2.45, 2.75) is 6.73 Å². The number of ether oxygens (including phenoxy) is 1. The lowest BCUT2D eigenvalue weighted by Gasteiger charge is -2.08. The molecule has 0 amide bonds. The zero-order chi connectivity index (χ0) is 14.1. The molecule has 0 saturated heterocycles. The van der Waals surface area contributed by atoms with E-state index in [0.29, 0.717) is 15.8 Å². The molecule has 0 aliphatic carbocycles. The fourth-order valence-corrected chi connectivity index (χ4v) is 3.01. The van der Waals surface area contributed by atoms with Gasteiger partial charge in [-0.3, -0.25) is 9.36 Å². The summed E-state index contributed by atoms with van der Waals surface area (Å²) in [5, 5.41) is 0.892. The van der Waals surface area contributed by atoms with Crippen LogP contribution >= 0.6 is 34.5 Å². The number of hydrogen-bond acceptors (Lipinski definition) is 3. The molecule has 3 aromatic rings. The van der Waals surface area contributed by atoms with Gasteiger partial charge in [0.1, 0.15) is 5.75 Å². The van der Waals surface area contributed by atoms with Crippen LogP contribution < -0.4 is 9.61 Å². The lowest BCUT2D eigenvalue weighted by molar-refractivity contribution is 0.239. The van der Waals surface area contributed by atoms with E-state index in [1.807, 2.05) is 24.3 Å². The fourth-order valence-electron chi connectivity index (χ4n) is 1.84. The second-order valence-electron chi connectivity index (χ2n) is 4.11. The molecular formula is C14H9Cl2NO2S. The molecule has 0 aliphatic heterocycles. The summed E-state index contributed by atoms with van der Waals surface area (Å²) < 4.78 is 8.13. The van der Waals surface area contributed by atoms with E-state index in [-0.39, 0.29) is 11.6 Å². The van der Waals surface area contributed by atoms with Gasteiger partial charge in [0.25, 0.3) is 0 Å². The third-order valence-electron chi connectivity index (χ3n) is 2.83. The number of halogens is 2. The highest BCUT2D eigenvalue weighted by Crippen LogP contribution is 2.26. The van der Waals surface area contributed by atoms with Crippen molar-refractivity contribution in [2.75, 3.05) is 0 Å². The number of benzene rings is 2. The summed E-state index contributed by atoms with van der Waals surface area (Å²) in [4.78, 5) is 11.9. The van der Waals surface area contributed by atoms with Gasteiger partial charge < -0.3 is 4.74 Å². The Morgan fingerprint density at radius 3 is 2.70 bits per heavy atom. The van der Waals surface area contributed by atoms with Crippen LogP contribution in [0.2, 0.25) is 10.0 Å². The second-order valence-corrected chi connectivity index (χ2v) is 5.92. The van der Waals surface area contributed by atoms with Crippen LogP contribution in [0, 0.1) is 0 Å². The van der Waals surface area contributed by atoms with Gasteiger partial charge in [-0.15, -0.1) is 0 Å². The SMILES string of the molecule is O=c1sc2ccccc2n1COc1ccc(Cl)c(Cl)c1. The first-order valence-electron chi connectivity index (χ1n) is 5.81. The van der Waals surface area contributed by atoms with Gasteiger partial charge >= 0.3 is 4.87 Å². The van der Waals surface area contributed by atoms with Crippen molar-refractivity contribution >= 4 is 44.8 Å². The van der Waals surface area contributed by atoms with Crippen molar-refractivity contribution in [1.29, 1.82) is 0 Å². The Balaban J connectivity index is 1.88. The Morgan fingerprint density at radius 2 is 1.90 bits per heavy atom. The summed E-state index contributed by atoms with van der Waals surface area (Å²) in [5.74, 6) is 0.571. The molecule has 0 spiro atoms. The molecule has 0 fully saturated rings. The molecule has 3 rings (SSSR count). The Labute approximate surface area is 128 Å². The van der Waals surface area contributed by atoms with E-state index < -0.39 is 0 Å². The van der Waals surface area contributed by atoms with E-state index in [0.717, 1.165) is 10.2 Å². The van der Waals surface area contributed by atoms with Crippen molar-refractivity contribution < 1.29 is 4.74 Å². The van der Waals surface area contributed by atoms with E-state index in [2.05, 4.69) is 0 Å². The maximum Gasteiger partial charge on any atom is 0.310 e. The third-order valence-corrected chi connectivity index (χ3v) is 4.52. The van der Waals surface area contributed by atoms with E-state index in [9.17, 15) is 4.79 Å². The fraction of sp³-hybridized carbons (Fsp3) is 0.0714. The molecule has 0 bridgehead atoms. The highest BCUT2D eigenvalue weighted by atomic mass is 35.5. The van der Waals surface area contributed by atoms with Crippen molar-refractivity contribution in [1.82, 2.24) is 4.57 Å². The molecule has 6 heteroatoms. The lowest BCUT2D eigenvalue weighted by atomic mass is 10.3. The molecule has 1 aromatic heterocycles. The Bertz CT molecular complexity index is 825. The monoisotopic (exact) mass is 325 g/mol. The topological polar surface area (TPSA) is 31.2 Å². The zero-order valence-electron chi connectivity index (χ0n) is 10.2. The zero-order valence-corrected chi connectivity index (χ0v) is 12.5. The van der Waals surface area contributed by atoms with Crippen LogP contribution in [0.25, 0.3) is 10.2 Å². The maximum absolute atomic E-state index is 11.9. The molecule has 0 N–H and O–H groups in total. The summed E-state index contributed by atoms with van der Waals surface area (Å²) in [5.41, 5.74) is 0.863. The third kappa shape index (κ3) is 2.54. The Hall–Kier alpha value is -1.49. The first-order valence-corrected chi connectivity index (χ1v) is 7.38. The van der Waals surface area contributed by atoms with Gasteiger partial charge in [0.15, 0.2) is 6.73 Å². The van der Waals surface area contributed by atoms with Crippen LogP contribution in [0.3, 0.4) is 0 Å². The molecule has 20 heavy (non-hydrogen) atoms. The van der Waals surface area contributed by atoms with Crippen LogP contribution in [0.5, 0.6) is 5.75 Å². The smallest absolute Gasteiger partial charge is 0.310 e. The average molecular weight is 326 g/mol. The van der Waals surface area contributed by atoms with E-state index in [1.54, 1.807) is 22.8 Å². The van der Waals surface area contributed by atoms with Crippen LogP contribution in [-0.4, -0.2) is 4.57 Å². The summed E-state index contributed by atoms with van der Waals surface area (Å²) in [6, 6.07) is 12.6. The minimum Gasteiger partial charge on any atom is -0.473 e. The molecule has 0 unspecified atom stereocenters. The molecule has 102 valence electrons. The van der Waals surface area contributed by atoms with E-state index in [4.69, 9.17) is 27.9 Å². The summed E-state index contributed by atoms with van der Waals surface area (Å²) in [6.45, 7) is 0.140. The van der Waals surface area contributed by atoms with Crippen LogP contribution in [0.15, 0.2) is 47.3 Å². The number of fused-ring (bicyclic) bond motifs is 1. The normalized spacial score (nSPS) is 10.9. The average Bonchev–Trinajstić information content (AvgIpc) is 2.76. The van der Waals surface area contributed by atoms with Crippen molar-refractivity contribution in [2.24, 2.45) is 0 Å². The number of nitrogens with zero attached hydrogens (tertiary/aromatic N) is 1. The van der Waals surface area contributed by atoms with Gasteiger partial charge in [-0.1, -0.05) is 46.7 Å². The maximum atomic E-state index is 11.9. The standard InChI is InChI=1S/C14H9Cl2NO2S/c15-10-6-5-9(7-11(10)16)19-8-17-12-3-1-2-4-13(12)20-14(17)18/h1-7H,8H2. The highest BCUT2D eigenvalue weighted by molar-refractivity contribution is 7.16. The first kappa shape index (κ1) is 13.5. The number of hydrogen-bond donors (Lipinski definition) is 0. The van der Waals surface area contributed by atoms with Gasteiger partial charge in [-0.2, -0.15) is 0 Å². The van der Waals surface area contributed by atoms with Gasteiger partial charge in [0.2, 0.25) is 0 Å². The van der Waals surface area contributed by atoms with Crippen molar-refractivity contribution in [3.63, 3.8) is 0 Å². The number of para-hydroxylation sites is 1. The predicted octanol–water partition coefficient (Wildman–Crippen LogP) is 4.41. The van der Waals surface area contributed by atoms with Crippen LogP contribution in [0.1, 0.15) is 0 Å². The summed E-state index contributed by atoms with van der Waals surface area (Å²) in [6.07, 6.45) is 0. The molecular weight excluding hydrogens is 317 g/mol. The minimum absolute atomic E-state index is 0.0498. The molecule has 0 aliphatic rings. The molecule has 2 aromatic carbocycles. The largest absolute Gasteiger partial charge is 0.473 e. The van der Waals surface area contributed by atoms with E-state index in [1.165, 1.54) is 11.3 Å². The number of aromatic nitrogens is 1. The number of thiazole rings is 1. The van der Waals surface area contributed by atoms with Crippen molar-refractivity contribution in [3.05, 3.63) is 62.2 Å². The minimum atomic E-state index is -0.0498. The van der Waals surface area contributed by atoms with Crippen LogP contribution in [0.4, 0.5) is 0 Å². The summed E-state index contributed by atoms with van der Waals surface area (Å²) >= 11 is 13.0. The van der Waals surface area contributed by atoms with Gasteiger partial charge in [-0.25, -0.2) is 0 Å². The molecule has 0 saturated carbocycles. The molecule has 3 nitrogen and oxygen atoms in total. The molecule has 0 radical (unpaired) electrons.